The molecular weight excluding hydrogens is 328 g/mol. The molecule has 9 heteroatoms. The van der Waals surface area contributed by atoms with Gasteiger partial charge in [0, 0.05) is 0 Å². The summed E-state index contributed by atoms with van der Waals surface area (Å²) in [4.78, 5) is 1.30. The van der Waals surface area contributed by atoms with Gasteiger partial charge in [-0.3, -0.25) is 0 Å². The highest BCUT2D eigenvalue weighted by atomic mass is 79.9. The third-order valence-electron chi connectivity index (χ3n) is 2.50. The van der Waals surface area contributed by atoms with Crippen molar-refractivity contribution < 1.29 is 9.47 Å². The molecule has 0 radical (unpaired) electrons. The highest BCUT2D eigenvalue weighted by molar-refractivity contribution is 9.10. The Labute approximate surface area is 124 Å². The predicted octanol–water partition coefficient (Wildman–Crippen LogP) is 1.17. The first kappa shape index (κ1) is 14.4. The van der Waals surface area contributed by atoms with Gasteiger partial charge in [0.25, 0.3) is 5.95 Å². The third kappa shape index (κ3) is 3.10. The van der Waals surface area contributed by atoms with E-state index in [2.05, 4.69) is 36.9 Å². The van der Waals surface area contributed by atoms with E-state index in [1.54, 1.807) is 7.11 Å². The molecule has 0 saturated heterocycles. The number of ether oxygens (including phenoxy) is 2. The molecule has 2 rings (SSSR count). The van der Waals surface area contributed by atoms with Crippen LogP contribution >= 0.6 is 15.9 Å². The van der Waals surface area contributed by atoms with Crippen LogP contribution in [-0.4, -0.2) is 34.0 Å². The first-order valence-electron chi connectivity index (χ1n) is 5.92. The first-order chi connectivity index (χ1) is 9.65. The van der Waals surface area contributed by atoms with Crippen molar-refractivity contribution in [2.75, 3.05) is 24.9 Å². The van der Waals surface area contributed by atoms with Crippen molar-refractivity contribution in [2.45, 2.75) is 13.5 Å². The fourth-order valence-electron chi connectivity index (χ4n) is 1.63. The molecule has 0 saturated carbocycles. The summed E-state index contributed by atoms with van der Waals surface area (Å²) < 4.78 is 11.7. The summed E-state index contributed by atoms with van der Waals surface area (Å²) in [6.45, 7) is 2.96. The normalized spacial score (nSPS) is 10.3. The third-order valence-corrected chi connectivity index (χ3v) is 3.09. The summed E-state index contributed by atoms with van der Waals surface area (Å²) in [5.74, 6) is 1.53. The molecule has 20 heavy (non-hydrogen) atoms. The molecule has 8 nitrogen and oxygen atoms in total. The summed E-state index contributed by atoms with van der Waals surface area (Å²) in [7, 11) is 1.60. The fourth-order valence-corrected chi connectivity index (χ4v) is 2.24. The number of hydrogen-bond donors (Lipinski definition) is 2. The lowest BCUT2D eigenvalue weighted by atomic mass is 10.2. The molecule has 0 amide bonds. The van der Waals surface area contributed by atoms with Crippen LogP contribution in [0.2, 0.25) is 0 Å². The molecule has 3 N–H and O–H groups in total. The molecule has 1 aromatic carbocycles. The summed E-state index contributed by atoms with van der Waals surface area (Å²) in [6.07, 6.45) is 0. The number of nitrogens with two attached hydrogens (primary N) is 1. The molecule has 0 aliphatic rings. The molecule has 2 aromatic rings. The van der Waals surface area contributed by atoms with Crippen LogP contribution in [0.3, 0.4) is 0 Å². The second-order valence-corrected chi connectivity index (χ2v) is 4.68. The summed E-state index contributed by atoms with van der Waals surface area (Å²) in [5, 5.41) is 10.7. The van der Waals surface area contributed by atoms with Crippen LogP contribution in [0.5, 0.6) is 11.5 Å². The second-order valence-electron chi connectivity index (χ2n) is 3.83. The maximum atomic E-state index is 5.56. The van der Waals surface area contributed by atoms with Crippen molar-refractivity contribution in [1.82, 2.24) is 20.3 Å². The Morgan fingerprint density at radius 2 is 2.25 bits per heavy atom. The van der Waals surface area contributed by atoms with Crippen molar-refractivity contribution in [2.24, 2.45) is 0 Å². The lowest BCUT2D eigenvalue weighted by molar-refractivity contribution is 0.308. The summed E-state index contributed by atoms with van der Waals surface area (Å²) in [6, 6.07) is 3.81. The molecular formula is C11H15BrN6O2. The zero-order valence-electron chi connectivity index (χ0n) is 11.1. The van der Waals surface area contributed by atoms with E-state index in [9.17, 15) is 0 Å². The van der Waals surface area contributed by atoms with Gasteiger partial charge in [0.05, 0.1) is 24.7 Å². The predicted molar refractivity (Wildman–Crippen MR) is 77.2 cm³/mol. The van der Waals surface area contributed by atoms with Crippen molar-refractivity contribution in [3.8, 4) is 11.5 Å². The van der Waals surface area contributed by atoms with Crippen LogP contribution in [0.1, 0.15) is 12.5 Å². The van der Waals surface area contributed by atoms with E-state index in [0.717, 1.165) is 10.0 Å². The zero-order valence-corrected chi connectivity index (χ0v) is 12.7. The number of nitrogens with one attached hydrogen (secondary N) is 1. The fraction of sp³-hybridized carbons (Fsp3) is 0.364. The van der Waals surface area contributed by atoms with Crippen LogP contribution in [0, 0.1) is 0 Å². The highest BCUT2D eigenvalue weighted by Crippen LogP contribution is 2.36. The first-order valence-corrected chi connectivity index (χ1v) is 6.72. The number of nitrogen functional groups attached to an aromatic ring is 1. The molecule has 0 bridgehead atoms. The van der Waals surface area contributed by atoms with Crippen molar-refractivity contribution in [3.05, 3.63) is 22.2 Å². The Morgan fingerprint density at radius 1 is 1.45 bits per heavy atom. The number of aromatic nitrogens is 4. The number of tetrazole rings is 1. The minimum absolute atomic E-state index is 0.196. The molecule has 1 aromatic heterocycles. The Hall–Kier alpha value is -2.03. The van der Waals surface area contributed by atoms with Gasteiger partial charge in [-0.15, -0.1) is 4.79 Å². The van der Waals surface area contributed by atoms with Gasteiger partial charge >= 0.3 is 0 Å². The molecule has 0 spiro atoms. The van der Waals surface area contributed by atoms with Gasteiger partial charge in [-0.1, -0.05) is 5.10 Å². The lowest BCUT2D eigenvalue weighted by Crippen LogP contribution is -2.18. The van der Waals surface area contributed by atoms with Gasteiger partial charge < -0.3 is 20.6 Å². The number of nitrogens with zero attached hydrogens (tertiary/aromatic N) is 4. The summed E-state index contributed by atoms with van der Waals surface area (Å²) in [5.41, 5.74) is 9.51. The SMILES string of the molecule is CCOc1c(Br)cc(CNn2nnnc2N)cc1OC. The number of halogens is 1. The maximum absolute atomic E-state index is 5.56. The van der Waals surface area contributed by atoms with E-state index in [0.29, 0.717) is 24.7 Å². The Kier molecular flexibility index (Phi) is 4.61. The molecule has 1 heterocycles. The van der Waals surface area contributed by atoms with Gasteiger partial charge in [0.1, 0.15) is 0 Å². The largest absolute Gasteiger partial charge is 0.493 e. The average molecular weight is 343 g/mol. The molecule has 108 valence electrons. The van der Waals surface area contributed by atoms with Gasteiger partial charge in [0.2, 0.25) is 0 Å². The standard InChI is InChI=1S/C11H15BrN6O2/c1-3-20-10-8(12)4-7(5-9(10)19-2)6-14-18-11(13)15-16-17-18/h4-5,14H,3,6H2,1-2H3,(H2,13,15,17). The Morgan fingerprint density at radius 3 is 2.85 bits per heavy atom. The number of benzene rings is 1. The van der Waals surface area contributed by atoms with Crippen LogP contribution in [0.4, 0.5) is 5.95 Å². The van der Waals surface area contributed by atoms with Crippen molar-refractivity contribution in [3.63, 3.8) is 0 Å². The number of hydrogen-bond acceptors (Lipinski definition) is 7. The van der Waals surface area contributed by atoms with Crippen LogP contribution in [-0.2, 0) is 6.54 Å². The van der Waals surface area contributed by atoms with Gasteiger partial charge in [-0.05, 0) is 51.0 Å². The van der Waals surface area contributed by atoms with Crippen molar-refractivity contribution in [1.29, 1.82) is 0 Å². The molecule has 0 aliphatic heterocycles. The number of rotatable bonds is 6. The van der Waals surface area contributed by atoms with E-state index in [4.69, 9.17) is 15.2 Å². The van der Waals surface area contributed by atoms with E-state index in [1.807, 2.05) is 19.1 Å². The molecule has 0 aliphatic carbocycles. The van der Waals surface area contributed by atoms with Gasteiger partial charge in [0.15, 0.2) is 11.5 Å². The topological polar surface area (TPSA) is 100 Å². The van der Waals surface area contributed by atoms with Crippen LogP contribution in [0.25, 0.3) is 0 Å². The smallest absolute Gasteiger partial charge is 0.260 e. The minimum atomic E-state index is 0.196. The maximum Gasteiger partial charge on any atom is 0.260 e. The van der Waals surface area contributed by atoms with E-state index >= 15 is 0 Å². The minimum Gasteiger partial charge on any atom is -0.493 e. The quantitative estimate of drug-likeness (QED) is 0.812. The van der Waals surface area contributed by atoms with Crippen molar-refractivity contribution >= 4 is 21.9 Å². The molecule has 0 fully saturated rings. The molecule has 0 unspecified atom stereocenters. The Bertz CT molecular complexity index is 588. The van der Waals surface area contributed by atoms with E-state index < -0.39 is 0 Å². The van der Waals surface area contributed by atoms with Gasteiger partial charge in [-0.25, -0.2) is 0 Å². The number of methoxy groups -OCH3 is 1. The highest BCUT2D eigenvalue weighted by Gasteiger charge is 2.11. The monoisotopic (exact) mass is 342 g/mol. The Balaban J connectivity index is 2.16. The van der Waals surface area contributed by atoms with E-state index in [-0.39, 0.29) is 5.95 Å². The molecule has 0 atom stereocenters. The number of anilines is 1. The van der Waals surface area contributed by atoms with Crippen LogP contribution < -0.4 is 20.6 Å². The van der Waals surface area contributed by atoms with Crippen LogP contribution in [0.15, 0.2) is 16.6 Å². The van der Waals surface area contributed by atoms with Gasteiger partial charge in [-0.2, -0.15) is 0 Å². The second kappa shape index (κ2) is 6.42. The lowest BCUT2D eigenvalue weighted by Gasteiger charge is -2.14. The van der Waals surface area contributed by atoms with E-state index in [1.165, 1.54) is 4.79 Å². The average Bonchev–Trinajstić information content (AvgIpc) is 2.84. The summed E-state index contributed by atoms with van der Waals surface area (Å²) >= 11 is 3.47. The zero-order chi connectivity index (χ0) is 14.5.